The van der Waals surface area contributed by atoms with E-state index in [1.165, 1.54) is 6.07 Å². The van der Waals surface area contributed by atoms with Crippen molar-refractivity contribution in [3.63, 3.8) is 0 Å². The molecule has 1 aromatic heterocycles. The van der Waals surface area contributed by atoms with Crippen LogP contribution in [0.1, 0.15) is 22.7 Å². The SMILES string of the molecule is NC(Cn1c(=O)c(-c2ccccc2Cl)cn(Cc2c(F)cccc2C(F)(F)F)c1=O)c1ccccc1. The van der Waals surface area contributed by atoms with Crippen molar-refractivity contribution in [2.75, 3.05) is 0 Å². The summed E-state index contributed by atoms with van der Waals surface area (Å²) in [5.41, 5.74) is 3.53. The number of alkyl halides is 3. The van der Waals surface area contributed by atoms with Crippen LogP contribution in [0, 0.1) is 5.82 Å². The minimum Gasteiger partial charge on any atom is -0.322 e. The third-order valence-corrected chi connectivity index (χ3v) is 6.09. The molecular weight excluding hydrogens is 498 g/mol. The maximum atomic E-state index is 14.6. The van der Waals surface area contributed by atoms with Gasteiger partial charge in [0.2, 0.25) is 0 Å². The number of hydrogen-bond acceptors (Lipinski definition) is 3. The molecule has 186 valence electrons. The number of nitrogens with two attached hydrogens (primary N) is 1. The van der Waals surface area contributed by atoms with E-state index in [1.54, 1.807) is 48.5 Å². The summed E-state index contributed by atoms with van der Waals surface area (Å²) in [4.78, 5) is 26.7. The molecule has 0 saturated carbocycles. The first kappa shape index (κ1) is 25.4. The Balaban J connectivity index is 1.91. The second-order valence-corrected chi connectivity index (χ2v) is 8.54. The van der Waals surface area contributed by atoms with Gasteiger partial charge >= 0.3 is 11.9 Å². The number of halogens is 5. The molecular formula is C26H20ClF4N3O2. The third-order valence-electron chi connectivity index (χ3n) is 5.76. The van der Waals surface area contributed by atoms with Crippen LogP contribution in [0.5, 0.6) is 0 Å². The van der Waals surface area contributed by atoms with Crippen molar-refractivity contribution in [1.29, 1.82) is 0 Å². The summed E-state index contributed by atoms with van der Waals surface area (Å²) in [6, 6.07) is 16.8. The topological polar surface area (TPSA) is 70.0 Å². The van der Waals surface area contributed by atoms with Crippen LogP contribution in [0.3, 0.4) is 0 Å². The lowest BCUT2D eigenvalue weighted by atomic mass is 10.1. The lowest BCUT2D eigenvalue weighted by Crippen LogP contribution is -2.43. The summed E-state index contributed by atoms with van der Waals surface area (Å²) in [5.74, 6) is -1.13. The summed E-state index contributed by atoms with van der Waals surface area (Å²) in [5, 5.41) is 0.195. The number of hydrogen-bond donors (Lipinski definition) is 1. The molecule has 1 atom stereocenters. The van der Waals surface area contributed by atoms with Crippen molar-refractivity contribution >= 4 is 11.6 Å². The molecule has 0 aliphatic rings. The largest absolute Gasteiger partial charge is 0.416 e. The lowest BCUT2D eigenvalue weighted by molar-refractivity contribution is -0.138. The summed E-state index contributed by atoms with van der Waals surface area (Å²) in [6.07, 6.45) is -3.75. The van der Waals surface area contributed by atoms with Crippen LogP contribution in [-0.4, -0.2) is 9.13 Å². The van der Waals surface area contributed by atoms with Gasteiger partial charge in [0.15, 0.2) is 0 Å². The highest BCUT2D eigenvalue weighted by atomic mass is 35.5. The Morgan fingerprint density at radius 2 is 1.56 bits per heavy atom. The highest BCUT2D eigenvalue weighted by Gasteiger charge is 2.34. The van der Waals surface area contributed by atoms with Crippen LogP contribution >= 0.6 is 11.6 Å². The molecule has 1 unspecified atom stereocenters. The van der Waals surface area contributed by atoms with E-state index in [9.17, 15) is 27.2 Å². The van der Waals surface area contributed by atoms with E-state index in [0.29, 0.717) is 5.56 Å². The Hall–Kier alpha value is -3.69. The number of nitrogens with zero attached hydrogens (tertiary/aromatic N) is 2. The zero-order valence-electron chi connectivity index (χ0n) is 18.7. The van der Waals surface area contributed by atoms with E-state index in [-0.39, 0.29) is 22.7 Å². The Morgan fingerprint density at radius 1 is 0.889 bits per heavy atom. The smallest absolute Gasteiger partial charge is 0.322 e. The molecule has 0 fully saturated rings. The van der Waals surface area contributed by atoms with Gasteiger partial charge in [-0.15, -0.1) is 0 Å². The van der Waals surface area contributed by atoms with Gasteiger partial charge in [-0.2, -0.15) is 13.2 Å². The molecule has 4 aromatic rings. The van der Waals surface area contributed by atoms with Gasteiger partial charge in [-0.25, -0.2) is 9.18 Å². The molecule has 36 heavy (non-hydrogen) atoms. The highest BCUT2D eigenvalue weighted by Crippen LogP contribution is 2.33. The van der Waals surface area contributed by atoms with Crippen LogP contribution in [0.4, 0.5) is 17.6 Å². The first-order valence-electron chi connectivity index (χ1n) is 10.8. The lowest BCUT2D eigenvalue weighted by Gasteiger charge is -2.19. The Bertz CT molecular complexity index is 1510. The summed E-state index contributed by atoms with van der Waals surface area (Å²) < 4.78 is 57.0. The first-order valence-corrected chi connectivity index (χ1v) is 11.2. The maximum Gasteiger partial charge on any atom is 0.416 e. The fraction of sp³-hybridized carbons (Fsp3) is 0.154. The molecule has 0 amide bonds. The fourth-order valence-corrected chi connectivity index (χ4v) is 4.19. The molecule has 3 aromatic carbocycles. The quantitative estimate of drug-likeness (QED) is 0.356. The standard InChI is InChI=1S/C26H20ClF4N3O2/c27-21-11-5-4-9-17(21)18-13-33(14-19-20(26(29,30)31)10-6-12-22(19)28)25(36)34(24(18)35)15-23(32)16-7-2-1-3-8-16/h1-13,23H,14-15,32H2. The zero-order valence-corrected chi connectivity index (χ0v) is 19.4. The minimum atomic E-state index is -4.85. The van der Waals surface area contributed by atoms with Crippen LogP contribution in [0.15, 0.2) is 88.6 Å². The van der Waals surface area contributed by atoms with E-state index in [4.69, 9.17) is 17.3 Å². The van der Waals surface area contributed by atoms with E-state index in [0.717, 1.165) is 33.5 Å². The van der Waals surface area contributed by atoms with Crippen LogP contribution in [-0.2, 0) is 19.3 Å². The van der Waals surface area contributed by atoms with Gasteiger partial charge in [0.25, 0.3) is 5.56 Å². The zero-order chi connectivity index (χ0) is 26.0. The van der Waals surface area contributed by atoms with E-state index in [2.05, 4.69) is 0 Å². The summed E-state index contributed by atoms with van der Waals surface area (Å²) in [7, 11) is 0. The fourth-order valence-electron chi connectivity index (χ4n) is 3.95. The van der Waals surface area contributed by atoms with Gasteiger partial charge in [0.05, 0.1) is 24.2 Å². The Kier molecular flexibility index (Phi) is 7.14. The van der Waals surface area contributed by atoms with Crippen molar-refractivity contribution in [1.82, 2.24) is 9.13 Å². The van der Waals surface area contributed by atoms with Gasteiger partial charge in [-0.05, 0) is 23.8 Å². The van der Waals surface area contributed by atoms with E-state index in [1.807, 2.05) is 0 Å². The predicted molar refractivity (Wildman–Crippen MR) is 129 cm³/mol. The second kappa shape index (κ2) is 10.1. The van der Waals surface area contributed by atoms with Gasteiger partial charge in [0, 0.05) is 28.4 Å². The molecule has 1 heterocycles. The molecule has 2 N–H and O–H groups in total. The van der Waals surface area contributed by atoms with Crippen molar-refractivity contribution < 1.29 is 17.6 Å². The third kappa shape index (κ3) is 5.12. The number of benzene rings is 3. The molecule has 0 bridgehead atoms. The number of rotatable bonds is 6. The second-order valence-electron chi connectivity index (χ2n) is 8.13. The normalized spacial score (nSPS) is 12.5. The van der Waals surface area contributed by atoms with Gasteiger partial charge < -0.3 is 5.73 Å². The van der Waals surface area contributed by atoms with E-state index >= 15 is 0 Å². The first-order chi connectivity index (χ1) is 17.1. The molecule has 0 saturated heterocycles. The average molecular weight is 518 g/mol. The van der Waals surface area contributed by atoms with E-state index < -0.39 is 47.0 Å². The molecule has 0 spiro atoms. The molecule has 10 heteroatoms. The van der Waals surface area contributed by atoms with Crippen molar-refractivity contribution in [2.24, 2.45) is 5.73 Å². The minimum absolute atomic E-state index is 0.0367. The van der Waals surface area contributed by atoms with Gasteiger partial charge in [0.1, 0.15) is 5.82 Å². The average Bonchev–Trinajstić information content (AvgIpc) is 2.85. The summed E-state index contributed by atoms with van der Waals surface area (Å²) >= 11 is 6.28. The molecule has 0 aliphatic heterocycles. The Morgan fingerprint density at radius 3 is 2.22 bits per heavy atom. The maximum absolute atomic E-state index is 14.6. The molecule has 0 aliphatic carbocycles. The van der Waals surface area contributed by atoms with Crippen molar-refractivity contribution in [3.05, 3.63) is 127 Å². The van der Waals surface area contributed by atoms with Crippen LogP contribution < -0.4 is 17.0 Å². The highest BCUT2D eigenvalue weighted by molar-refractivity contribution is 6.33. The Labute approximate surface area is 208 Å². The molecule has 5 nitrogen and oxygen atoms in total. The molecule has 0 radical (unpaired) electrons. The summed E-state index contributed by atoms with van der Waals surface area (Å²) in [6.45, 7) is -1.03. The van der Waals surface area contributed by atoms with Gasteiger partial charge in [-0.3, -0.25) is 13.9 Å². The molecule has 4 rings (SSSR count). The van der Waals surface area contributed by atoms with Crippen molar-refractivity contribution in [2.45, 2.75) is 25.3 Å². The van der Waals surface area contributed by atoms with Crippen LogP contribution in [0.25, 0.3) is 11.1 Å². The van der Waals surface area contributed by atoms with Crippen LogP contribution in [0.2, 0.25) is 5.02 Å². The predicted octanol–water partition coefficient (Wildman–Crippen LogP) is 5.24. The van der Waals surface area contributed by atoms with Crippen molar-refractivity contribution in [3.8, 4) is 11.1 Å². The monoisotopic (exact) mass is 517 g/mol. The van der Waals surface area contributed by atoms with Gasteiger partial charge in [-0.1, -0.05) is 66.2 Å². The number of aromatic nitrogens is 2.